The van der Waals surface area contributed by atoms with Crippen LogP contribution in [-0.2, 0) is 16.0 Å². The Morgan fingerprint density at radius 3 is 2.92 bits per heavy atom. The summed E-state index contributed by atoms with van der Waals surface area (Å²) in [7, 11) is 0. The van der Waals surface area contributed by atoms with Crippen LogP contribution in [0.1, 0.15) is 44.6 Å². The molecular formula is C23H32NO2+. The summed E-state index contributed by atoms with van der Waals surface area (Å²) in [6, 6.07) is 10.6. The summed E-state index contributed by atoms with van der Waals surface area (Å²) in [5.74, 6) is 1.08. The molecule has 0 bridgehead atoms. The average Bonchev–Trinajstić information content (AvgIpc) is 2.92. The third-order valence-corrected chi connectivity index (χ3v) is 7.22. The van der Waals surface area contributed by atoms with Crippen LogP contribution in [0.25, 0.3) is 0 Å². The molecule has 5 atom stereocenters. The van der Waals surface area contributed by atoms with Gasteiger partial charge in [-0.05, 0) is 49.0 Å². The maximum atomic E-state index is 12.5. The second kappa shape index (κ2) is 7.19. The Bertz CT molecular complexity index is 670. The average molecular weight is 355 g/mol. The molecule has 2 saturated carbocycles. The van der Waals surface area contributed by atoms with E-state index in [0.29, 0.717) is 17.3 Å². The van der Waals surface area contributed by atoms with Crippen LogP contribution in [0.15, 0.2) is 42.5 Å². The van der Waals surface area contributed by atoms with E-state index in [0.717, 1.165) is 32.4 Å². The molecule has 2 aliphatic carbocycles. The first-order valence-electron chi connectivity index (χ1n) is 10.3. The van der Waals surface area contributed by atoms with E-state index in [9.17, 15) is 4.79 Å². The number of esters is 1. The number of carbonyl (C=O) groups is 1. The number of carbonyl (C=O) groups excluding carboxylic acids is 1. The molecule has 0 radical (unpaired) electrons. The zero-order valence-corrected chi connectivity index (χ0v) is 16.0. The van der Waals surface area contributed by atoms with Crippen molar-refractivity contribution in [2.45, 2.75) is 51.6 Å². The minimum atomic E-state index is 0.0452. The van der Waals surface area contributed by atoms with Gasteiger partial charge < -0.3 is 10.1 Å². The molecule has 2 N–H and O–H groups in total. The van der Waals surface area contributed by atoms with Gasteiger partial charge in [0, 0.05) is 12.3 Å². The third-order valence-electron chi connectivity index (χ3n) is 7.22. The van der Waals surface area contributed by atoms with Crippen LogP contribution in [0.4, 0.5) is 0 Å². The van der Waals surface area contributed by atoms with Crippen molar-refractivity contribution in [3.05, 3.63) is 48.0 Å². The second-order valence-corrected chi connectivity index (χ2v) is 8.95. The fourth-order valence-corrected chi connectivity index (χ4v) is 5.74. The standard InChI is InChI=1S/C23H31NO2/c1-16-7-6-11-23(2)14-21-18(13-20(16)23)19(22(25)26-21)15-24-12-10-17-8-4-3-5-9-17/h3-5,8-9,18-21,24H,1,6-7,10-15H2,2H3/p+1/t18-,19+,20+,21-,23-/m1/s1. The van der Waals surface area contributed by atoms with Gasteiger partial charge in [0.2, 0.25) is 0 Å². The van der Waals surface area contributed by atoms with Crippen molar-refractivity contribution in [1.29, 1.82) is 0 Å². The Hall–Kier alpha value is -1.61. The lowest BCUT2D eigenvalue weighted by Gasteiger charge is -2.49. The van der Waals surface area contributed by atoms with Gasteiger partial charge in [-0.25, -0.2) is 0 Å². The summed E-state index contributed by atoms with van der Waals surface area (Å²) >= 11 is 0. The first-order valence-corrected chi connectivity index (χ1v) is 10.3. The van der Waals surface area contributed by atoms with Crippen LogP contribution in [0.2, 0.25) is 0 Å². The van der Waals surface area contributed by atoms with Crippen molar-refractivity contribution >= 4 is 5.97 Å². The minimum absolute atomic E-state index is 0.0452. The van der Waals surface area contributed by atoms with Crippen molar-refractivity contribution in [3.8, 4) is 0 Å². The fraction of sp³-hybridized carbons (Fsp3) is 0.609. The number of hydrogen-bond donors (Lipinski definition) is 1. The van der Waals surface area contributed by atoms with Gasteiger partial charge in [0.15, 0.2) is 0 Å². The Kier molecular flexibility index (Phi) is 4.92. The van der Waals surface area contributed by atoms with E-state index < -0.39 is 0 Å². The van der Waals surface area contributed by atoms with Gasteiger partial charge in [-0.1, -0.05) is 49.4 Å². The summed E-state index contributed by atoms with van der Waals surface area (Å²) in [5.41, 5.74) is 3.08. The number of ether oxygens (including phenoxy) is 1. The van der Waals surface area contributed by atoms with Gasteiger partial charge in [-0.15, -0.1) is 0 Å². The Morgan fingerprint density at radius 1 is 1.31 bits per heavy atom. The molecule has 3 nitrogen and oxygen atoms in total. The number of fused-ring (bicyclic) bond motifs is 2. The van der Waals surface area contributed by atoms with Crippen LogP contribution < -0.4 is 5.32 Å². The Morgan fingerprint density at radius 2 is 2.12 bits per heavy atom. The van der Waals surface area contributed by atoms with Crippen molar-refractivity contribution < 1.29 is 14.8 Å². The lowest BCUT2D eigenvalue weighted by Crippen LogP contribution is -2.86. The molecule has 3 heteroatoms. The molecule has 0 aromatic heterocycles. The molecule has 0 unspecified atom stereocenters. The monoisotopic (exact) mass is 354 g/mol. The lowest BCUT2D eigenvalue weighted by molar-refractivity contribution is -0.658. The number of rotatable bonds is 5. The van der Waals surface area contributed by atoms with Gasteiger partial charge >= 0.3 is 5.97 Å². The quantitative estimate of drug-likeness (QED) is 0.502. The van der Waals surface area contributed by atoms with Crippen LogP contribution >= 0.6 is 0 Å². The number of nitrogens with two attached hydrogens (primary N) is 1. The molecule has 1 saturated heterocycles. The maximum Gasteiger partial charge on any atom is 0.315 e. The van der Waals surface area contributed by atoms with E-state index >= 15 is 0 Å². The normalized spacial score (nSPS) is 36.3. The molecule has 1 aromatic rings. The smallest absolute Gasteiger partial charge is 0.315 e. The molecule has 4 rings (SSSR count). The van der Waals surface area contributed by atoms with Gasteiger partial charge in [-0.2, -0.15) is 0 Å². The van der Waals surface area contributed by atoms with E-state index in [-0.39, 0.29) is 18.0 Å². The van der Waals surface area contributed by atoms with Crippen LogP contribution in [0.3, 0.4) is 0 Å². The summed E-state index contributed by atoms with van der Waals surface area (Å²) in [6.07, 6.45) is 6.99. The van der Waals surface area contributed by atoms with Gasteiger partial charge in [0.05, 0.1) is 13.1 Å². The van der Waals surface area contributed by atoms with E-state index in [1.165, 1.54) is 30.4 Å². The van der Waals surface area contributed by atoms with Crippen LogP contribution in [0, 0.1) is 23.2 Å². The highest BCUT2D eigenvalue weighted by Gasteiger charge is 2.55. The number of benzene rings is 1. The molecule has 3 aliphatic rings. The number of hydrogen-bond acceptors (Lipinski definition) is 2. The van der Waals surface area contributed by atoms with Gasteiger partial charge in [0.1, 0.15) is 12.0 Å². The van der Waals surface area contributed by atoms with E-state index in [1.54, 1.807) is 0 Å². The predicted octanol–water partition coefficient (Wildman–Crippen LogP) is 3.11. The summed E-state index contributed by atoms with van der Waals surface area (Å²) in [4.78, 5) is 12.5. The van der Waals surface area contributed by atoms with Crippen molar-refractivity contribution in [2.24, 2.45) is 23.2 Å². The molecule has 1 aromatic carbocycles. The number of quaternary nitrogens is 1. The summed E-state index contributed by atoms with van der Waals surface area (Å²) in [6.45, 7) is 8.66. The highest BCUT2D eigenvalue weighted by molar-refractivity contribution is 5.75. The molecule has 3 fully saturated rings. The molecule has 26 heavy (non-hydrogen) atoms. The van der Waals surface area contributed by atoms with E-state index in [1.807, 2.05) is 0 Å². The highest BCUT2D eigenvalue weighted by atomic mass is 16.6. The molecule has 140 valence electrons. The maximum absolute atomic E-state index is 12.5. The van der Waals surface area contributed by atoms with Crippen molar-refractivity contribution in [1.82, 2.24) is 0 Å². The summed E-state index contributed by atoms with van der Waals surface area (Å²) in [5, 5.41) is 2.31. The first-order chi connectivity index (χ1) is 12.6. The van der Waals surface area contributed by atoms with E-state index in [2.05, 4.69) is 49.2 Å². The Balaban J connectivity index is 1.36. The van der Waals surface area contributed by atoms with Crippen molar-refractivity contribution in [3.63, 3.8) is 0 Å². The molecule has 1 aliphatic heterocycles. The largest absolute Gasteiger partial charge is 0.462 e. The minimum Gasteiger partial charge on any atom is -0.462 e. The third kappa shape index (κ3) is 3.34. The Labute approximate surface area is 157 Å². The lowest BCUT2D eigenvalue weighted by atomic mass is 9.55. The van der Waals surface area contributed by atoms with Crippen LogP contribution in [-0.4, -0.2) is 25.2 Å². The zero-order chi connectivity index (χ0) is 18.1. The van der Waals surface area contributed by atoms with Crippen molar-refractivity contribution in [2.75, 3.05) is 13.1 Å². The van der Waals surface area contributed by atoms with E-state index in [4.69, 9.17) is 4.74 Å². The predicted molar refractivity (Wildman–Crippen MR) is 102 cm³/mol. The second-order valence-electron chi connectivity index (χ2n) is 8.95. The molecule has 0 amide bonds. The molecule has 1 heterocycles. The summed E-state index contributed by atoms with van der Waals surface area (Å²) < 4.78 is 5.85. The number of allylic oxidation sites excluding steroid dienone is 1. The van der Waals surface area contributed by atoms with Crippen LogP contribution in [0.5, 0.6) is 0 Å². The van der Waals surface area contributed by atoms with Gasteiger partial charge in [0.25, 0.3) is 0 Å². The SMILES string of the molecule is C=C1CCC[C@]2(C)C[C@H]3OC(=O)[C@@H](C[NH2+]CCc4ccccc4)[C@H]3C[C@@H]12. The topological polar surface area (TPSA) is 42.9 Å². The molecular weight excluding hydrogens is 322 g/mol. The molecule has 0 spiro atoms. The van der Waals surface area contributed by atoms with Gasteiger partial charge in [-0.3, -0.25) is 4.79 Å². The fourth-order valence-electron chi connectivity index (χ4n) is 5.74. The first kappa shape index (κ1) is 17.8. The zero-order valence-electron chi connectivity index (χ0n) is 16.0. The highest BCUT2D eigenvalue weighted by Crippen LogP contribution is 2.56.